The fraction of sp³-hybridized carbons (Fsp3) is 0.468. The van der Waals surface area contributed by atoms with Crippen molar-refractivity contribution in [1.29, 1.82) is 0 Å². The number of unbranched alkanes of at least 4 members (excludes halogenated alkanes) is 1. The van der Waals surface area contributed by atoms with E-state index in [1.165, 1.54) is 45.3 Å². The van der Waals surface area contributed by atoms with Crippen molar-refractivity contribution in [2.24, 2.45) is 0 Å². The third-order valence-corrected chi connectivity index (χ3v) is 16.7. The maximum Gasteiger partial charge on any atom is 0.419 e. The summed E-state index contributed by atoms with van der Waals surface area (Å²) in [6.45, 7) is 16.3. The van der Waals surface area contributed by atoms with Crippen LogP contribution in [0.1, 0.15) is 124 Å². The number of carbonyl (C=O) groups excluding carboxylic acids is 7. The molecule has 1 aliphatic rings. The maximum absolute atomic E-state index is 15.5. The van der Waals surface area contributed by atoms with Gasteiger partial charge in [-0.3, -0.25) is 28.5 Å². The standard InChI is InChI=1S/C62H80ClN9O14S2/c1-38(73)69-88(82,83)42-25-23-39(24-26-42)43-27-28-46(63)52-45(43)36-67-54(77)50(34-41-37-72(59(81)86-62(8,9)10)49-22-13-12-19-44(41)49)70(11)56(78)48(20-14-15-30-65-57(79)84-60(2,3)4)68-53(76)47(66-35-40-18-16-31-64-55(40)87-52)21-17-32-71(33-29-51(74)75)58(80)85-61(5,6)7/h12-13,16,18-19,22-28,31,37,47-48,50,66H,14-15,17,20-21,29-30,32-36H2,1-11H3,(H,65,79)(H,67,77)(H,68,76)(H,69,73)(H,74,75)/t47-,48-,50-/m0/s1. The minimum Gasteiger partial charge on any atom is -0.481 e. The molecule has 0 bridgehead atoms. The Morgan fingerprint density at radius 3 is 2.14 bits per heavy atom. The Morgan fingerprint density at radius 2 is 1.48 bits per heavy atom. The number of carboxylic acids is 1. The predicted molar refractivity (Wildman–Crippen MR) is 332 cm³/mol. The topological polar surface area (TPSA) is 303 Å². The summed E-state index contributed by atoms with van der Waals surface area (Å²) in [7, 11) is -2.78. The van der Waals surface area contributed by atoms with E-state index in [9.17, 15) is 37.5 Å². The Balaban J connectivity index is 1.50. The Labute approximate surface area is 522 Å². The lowest BCUT2D eigenvalue weighted by Gasteiger charge is -2.32. The van der Waals surface area contributed by atoms with E-state index in [-0.39, 0.29) is 81.2 Å². The second-order valence-electron chi connectivity index (χ2n) is 24.2. The number of likely N-dealkylation sites (N-methyl/N-ethyl adjacent to an activating group) is 1. The molecule has 0 saturated heterocycles. The highest BCUT2D eigenvalue weighted by molar-refractivity contribution is 7.99. The van der Waals surface area contributed by atoms with E-state index in [0.717, 1.165) is 6.92 Å². The van der Waals surface area contributed by atoms with E-state index in [1.54, 1.807) is 135 Å². The van der Waals surface area contributed by atoms with Gasteiger partial charge in [0.1, 0.15) is 33.9 Å². The first-order valence-electron chi connectivity index (χ1n) is 28.8. The highest BCUT2D eigenvalue weighted by Crippen LogP contribution is 2.41. The van der Waals surface area contributed by atoms with Crippen LogP contribution in [-0.4, -0.2) is 142 Å². The van der Waals surface area contributed by atoms with Crippen molar-refractivity contribution in [1.82, 2.24) is 45.3 Å². The largest absolute Gasteiger partial charge is 0.481 e. The van der Waals surface area contributed by atoms with E-state index in [1.807, 2.05) is 4.72 Å². The van der Waals surface area contributed by atoms with E-state index in [4.69, 9.17) is 30.8 Å². The lowest BCUT2D eigenvalue weighted by molar-refractivity contribution is -0.142. The van der Waals surface area contributed by atoms with Gasteiger partial charge >= 0.3 is 24.2 Å². The van der Waals surface area contributed by atoms with Crippen molar-refractivity contribution in [2.45, 2.75) is 177 Å². The highest BCUT2D eigenvalue weighted by atomic mass is 35.5. The number of carboxylic acid groups (broad SMARTS) is 1. The van der Waals surface area contributed by atoms with Gasteiger partial charge in [0.25, 0.3) is 10.0 Å². The summed E-state index contributed by atoms with van der Waals surface area (Å²) in [5.74, 6) is -3.85. The average Bonchev–Trinajstić information content (AvgIpc) is 2.16. The van der Waals surface area contributed by atoms with Gasteiger partial charge < -0.3 is 50.4 Å². The summed E-state index contributed by atoms with van der Waals surface area (Å²) >= 11 is 8.34. The lowest BCUT2D eigenvalue weighted by atomic mass is 9.98. The van der Waals surface area contributed by atoms with Crippen LogP contribution in [-0.2, 0) is 67.7 Å². The molecule has 0 spiro atoms. The lowest BCUT2D eigenvalue weighted by Crippen LogP contribution is -2.57. The maximum atomic E-state index is 15.5. The molecule has 6 rings (SSSR count). The molecule has 0 unspecified atom stereocenters. The van der Waals surface area contributed by atoms with Gasteiger partial charge in [-0.1, -0.05) is 65.8 Å². The van der Waals surface area contributed by atoms with E-state index < -0.39 is 92.8 Å². The Hall–Kier alpha value is -7.74. The number of carbonyl (C=O) groups is 8. The van der Waals surface area contributed by atoms with Crippen LogP contribution in [0.3, 0.4) is 0 Å². The molecule has 0 aliphatic carbocycles. The zero-order valence-corrected chi connectivity index (χ0v) is 53.9. The molecule has 476 valence electrons. The molecular formula is C62H80ClN9O14S2. The molecule has 0 radical (unpaired) electrons. The van der Waals surface area contributed by atoms with Gasteiger partial charge in [0.05, 0.1) is 27.9 Å². The normalized spacial score (nSPS) is 16.5. The zero-order valence-electron chi connectivity index (χ0n) is 51.5. The number of rotatable bonds is 17. The fourth-order valence-corrected chi connectivity index (χ4v) is 11.9. The summed E-state index contributed by atoms with van der Waals surface area (Å²) in [5, 5.41) is 23.0. The van der Waals surface area contributed by atoms with Gasteiger partial charge in [-0.25, -0.2) is 32.5 Å². The number of sulfonamides is 1. The second kappa shape index (κ2) is 30.0. The van der Waals surface area contributed by atoms with Gasteiger partial charge in [0.2, 0.25) is 23.6 Å². The summed E-state index contributed by atoms with van der Waals surface area (Å²) in [6, 6.07) is 16.0. The van der Waals surface area contributed by atoms with E-state index in [2.05, 4.69) is 21.3 Å². The van der Waals surface area contributed by atoms with Crippen molar-refractivity contribution in [3.05, 3.63) is 107 Å². The number of para-hydroxylation sites is 1. The average molecular weight is 1270 g/mol. The van der Waals surface area contributed by atoms with Crippen LogP contribution in [0.5, 0.6) is 0 Å². The molecule has 23 nitrogen and oxygen atoms in total. The van der Waals surface area contributed by atoms with Crippen molar-refractivity contribution in [3.63, 3.8) is 0 Å². The third-order valence-electron chi connectivity index (χ3n) is 13.6. The summed E-state index contributed by atoms with van der Waals surface area (Å²) in [4.78, 5) is 117. The minimum atomic E-state index is -4.23. The quantitative estimate of drug-likeness (QED) is 0.0374. The number of hydrogen-bond acceptors (Lipinski definition) is 16. The van der Waals surface area contributed by atoms with E-state index >= 15 is 14.4 Å². The fourth-order valence-electron chi connectivity index (χ4n) is 9.55. The summed E-state index contributed by atoms with van der Waals surface area (Å²) < 4.78 is 46.3. The number of hydrogen-bond donors (Lipinski definition) is 6. The summed E-state index contributed by atoms with van der Waals surface area (Å²) in [5.41, 5.74) is 0.519. The number of ether oxygens (including phenoxy) is 3. The van der Waals surface area contributed by atoms with E-state index in [0.29, 0.717) is 55.1 Å². The van der Waals surface area contributed by atoms with Crippen LogP contribution in [0.2, 0.25) is 5.02 Å². The van der Waals surface area contributed by atoms with Gasteiger partial charge in [-0.15, -0.1) is 0 Å². The number of pyridine rings is 1. The SMILES string of the molecule is CC(=O)NS(=O)(=O)c1ccc(-c2ccc(Cl)c3c2CNC(=O)[C@H](Cc2cn(C(=O)OC(C)(C)C)c4ccccc24)N(C)C(=O)[C@H](CCCCNC(=O)OC(C)(C)C)NC(=O)[C@H](CCCN(CCC(=O)O)C(=O)OC(C)(C)C)NCc2cccnc2S3)cc1. The number of halogens is 1. The van der Waals surface area contributed by atoms with Crippen molar-refractivity contribution in [2.75, 3.05) is 26.7 Å². The molecule has 1 aliphatic heterocycles. The van der Waals surface area contributed by atoms with Crippen LogP contribution in [0.25, 0.3) is 22.0 Å². The first-order valence-corrected chi connectivity index (χ1v) is 31.5. The molecule has 3 aromatic carbocycles. The molecule has 0 fully saturated rings. The van der Waals surface area contributed by atoms with Gasteiger partial charge in [-0.2, -0.15) is 0 Å². The summed E-state index contributed by atoms with van der Waals surface area (Å²) in [6.07, 6.45) is 1.38. The van der Waals surface area contributed by atoms with Crippen molar-refractivity contribution < 1.29 is 66.1 Å². The number of aliphatic carboxylic acids is 1. The Morgan fingerprint density at radius 1 is 0.807 bits per heavy atom. The van der Waals surface area contributed by atoms with Crippen LogP contribution >= 0.6 is 23.4 Å². The molecule has 2 aromatic heterocycles. The predicted octanol–water partition coefficient (Wildman–Crippen LogP) is 8.95. The molecule has 6 amide bonds. The number of fused-ring (bicyclic) bond motifs is 3. The number of amides is 6. The molecule has 0 saturated carbocycles. The molecule has 6 N–H and O–H groups in total. The van der Waals surface area contributed by atoms with Crippen molar-refractivity contribution >= 4 is 92.2 Å². The van der Waals surface area contributed by atoms with Crippen LogP contribution in [0, 0.1) is 0 Å². The molecule has 26 heteroatoms. The number of nitrogens with one attached hydrogen (secondary N) is 5. The number of aromatic nitrogens is 2. The van der Waals surface area contributed by atoms with Crippen molar-refractivity contribution in [3.8, 4) is 11.1 Å². The Kier molecular flexibility index (Phi) is 23.6. The van der Waals surface area contributed by atoms with Crippen LogP contribution in [0.15, 0.2) is 100 Å². The molecule has 88 heavy (non-hydrogen) atoms. The molecule has 5 aromatic rings. The zero-order chi connectivity index (χ0) is 64.9. The Bertz CT molecular complexity index is 3490. The monoisotopic (exact) mass is 1270 g/mol. The smallest absolute Gasteiger partial charge is 0.419 e. The third kappa shape index (κ3) is 20.2. The first-order chi connectivity index (χ1) is 41.2. The minimum absolute atomic E-state index is 0.00994. The van der Waals surface area contributed by atoms with Crippen LogP contribution < -0.4 is 26.0 Å². The highest BCUT2D eigenvalue weighted by Gasteiger charge is 2.36. The van der Waals surface area contributed by atoms with Gasteiger partial charge in [0, 0.05) is 75.8 Å². The number of nitrogens with zero attached hydrogens (tertiary/aromatic N) is 4. The first kappa shape index (κ1) is 69.4. The van der Waals surface area contributed by atoms with Gasteiger partial charge in [-0.05, 0) is 153 Å². The number of alkyl carbamates (subject to hydrolysis) is 1. The molecular weight excluding hydrogens is 1190 g/mol. The van der Waals surface area contributed by atoms with Gasteiger partial charge in [0.15, 0.2) is 0 Å². The molecule has 3 heterocycles. The number of benzene rings is 3. The van der Waals surface area contributed by atoms with Crippen LogP contribution in [0.4, 0.5) is 14.4 Å². The second-order valence-corrected chi connectivity index (χ2v) is 27.3. The molecule has 3 atom stereocenters.